The molecule has 13 heteroatoms. The summed E-state index contributed by atoms with van der Waals surface area (Å²) < 4.78 is 36.9. The van der Waals surface area contributed by atoms with Gasteiger partial charge in [-0.1, -0.05) is 24.1 Å². The summed E-state index contributed by atoms with van der Waals surface area (Å²) in [5.41, 5.74) is 5.85. The Bertz CT molecular complexity index is 1030. The molecule has 1 amide bonds. The topological polar surface area (TPSA) is 186 Å². The number of alkyl carbamates (subject to hydrolysis) is 1. The van der Waals surface area contributed by atoms with Crippen LogP contribution in [0.5, 0.6) is 0 Å². The number of sulfonamides is 1. The lowest BCUT2D eigenvalue weighted by molar-refractivity contribution is -0.144. The second kappa shape index (κ2) is 15.0. The summed E-state index contributed by atoms with van der Waals surface area (Å²) in [6.07, 6.45) is 1.61. The lowest BCUT2D eigenvalue weighted by Crippen LogP contribution is -2.43. The van der Waals surface area contributed by atoms with Crippen molar-refractivity contribution in [2.24, 2.45) is 10.7 Å². The number of hydrogen-bond donors (Lipinski definition) is 4. The van der Waals surface area contributed by atoms with E-state index in [-0.39, 0.29) is 30.3 Å². The molecule has 1 aromatic rings. The number of carbonyl (C=O) groups excluding carboxylic acids is 2. The summed E-state index contributed by atoms with van der Waals surface area (Å²) in [5, 5.41) is 11.5. The maximum Gasteiger partial charge on any atom is 0.408 e. The average molecular weight is 543 g/mol. The number of guanidine groups is 1. The van der Waals surface area contributed by atoms with Crippen LogP contribution in [0.15, 0.2) is 34.2 Å². The summed E-state index contributed by atoms with van der Waals surface area (Å²) in [6.45, 7) is 7.33. The van der Waals surface area contributed by atoms with Gasteiger partial charge in [0.1, 0.15) is 11.6 Å². The van der Waals surface area contributed by atoms with Gasteiger partial charge >= 0.3 is 18.0 Å². The van der Waals surface area contributed by atoms with Gasteiger partial charge in [0.05, 0.1) is 11.5 Å². The molecule has 0 bridgehead atoms. The highest BCUT2D eigenvalue weighted by Gasteiger charge is 2.24. The van der Waals surface area contributed by atoms with Crippen LogP contribution in [0.4, 0.5) is 4.79 Å². The van der Waals surface area contributed by atoms with Gasteiger partial charge in [0, 0.05) is 13.0 Å². The van der Waals surface area contributed by atoms with Crippen LogP contribution in [0.3, 0.4) is 0 Å². The SMILES string of the molecule is Cc1ccc(S(=O)(=O)NC(N)=NCCCCCCOC(=O)CCC(NC(=O)OC(C)(C)C)C(=O)O)cc1. The summed E-state index contributed by atoms with van der Waals surface area (Å²) >= 11 is 0. The van der Waals surface area contributed by atoms with Gasteiger partial charge in [0.2, 0.25) is 5.96 Å². The number of aliphatic carboxylic acids is 1. The molecule has 0 aromatic heterocycles. The molecule has 0 saturated carbocycles. The quantitative estimate of drug-likeness (QED) is 0.118. The molecule has 1 rings (SSSR count). The maximum absolute atomic E-state index is 12.3. The first kappa shape index (κ1) is 31.7. The molecular weight excluding hydrogens is 504 g/mol. The van der Waals surface area contributed by atoms with Gasteiger partial charge in [0.25, 0.3) is 10.0 Å². The number of benzene rings is 1. The van der Waals surface area contributed by atoms with Crippen LogP contribution in [-0.4, -0.2) is 62.3 Å². The van der Waals surface area contributed by atoms with E-state index in [0.717, 1.165) is 18.4 Å². The Balaban J connectivity index is 2.22. The third kappa shape index (κ3) is 14.1. The average Bonchev–Trinajstić information content (AvgIpc) is 2.76. The van der Waals surface area contributed by atoms with Crippen molar-refractivity contribution >= 4 is 34.0 Å². The fourth-order valence-electron chi connectivity index (χ4n) is 2.94. The number of nitrogens with one attached hydrogen (secondary N) is 2. The number of aliphatic imine (C=N–C) groups is 1. The van der Waals surface area contributed by atoms with Crippen molar-refractivity contribution in [1.82, 2.24) is 10.0 Å². The fraction of sp³-hybridized carbons (Fsp3) is 0.583. The number of nitrogens with zero attached hydrogens (tertiary/aromatic N) is 1. The van der Waals surface area contributed by atoms with Gasteiger partial charge in [-0.2, -0.15) is 0 Å². The number of carboxylic acids is 1. The number of unbranched alkanes of at least 4 members (excludes halogenated alkanes) is 3. The van der Waals surface area contributed by atoms with Crippen molar-refractivity contribution in [3.63, 3.8) is 0 Å². The first-order valence-electron chi connectivity index (χ1n) is 12.0. The number of carboxylic acid groups (broad SMARTS) is 1. The molecule has 0 fully saturated rings. The lowest BCUT2D eigenvalue weighted by Gasteiger charge is -2.21. The normalized spacial score (nSPS) is 12.9. The minimum absolute atomic E-state index is 0.101. The van der Waals surface area contributed by atoms with E-state index in [1.807, 2.05) is 6.92 Å². The zero-order valence-corrected chi connectivity index (χ0v) is 22.6. The highest BCUT2D eigenvalue weighted by atomic mass is 32.2. The van der Waals surface area contributed by atoms with Crippen LogP contribution in [0.1, 0.15) is 64.9 Å². The smallest absolute Gasteiger partial charge is 0.408 e. The monoisotopic (exact) mass is 542 g/mol. The van der Waals surface area contributed by atoms with Crippen LogP contribution >= 0.6 is 0 Å². The number of rotatable bonds is 14. The minimum Gasteiger partial charge on any atom is -0.480 e. The Morgan fingerprint density at radius 1 is 1.08 bits per heavy atom. The highest BCUT2D eigenvalue weighted by Crippen LogP contribution is 2.10. The molecule has 0 aliphatic carbocycles. The van der Waals surface area contributed by atoms with Gasteiger partial charge in [-0.15, -0.1) is 0 Å². The predicted octanol–water partition coefficient (Wildman–Crippen LogP) is 2.45. The van der Waals surface area contributed by atoms with Crippen molar-refractivity contribution in [2.75, 3.05) is 13.2 Å². The standard InChI is InChI=1S/C24H38N4O8S/c1-17-9-11-18(12-10-17)37(33,34)28-22(25)26-15-7-5-6-8-16-35-20(29)14-13-19(21(30)31)27-23(32)36-24(2,3)4/h9-12,19H,5-8,13-16H2,1-4H3,(H,27,32)(H,30,31)(H3,25,26,28). The minimum atomic E-state index is -3.78. The van der Waals surface area contributed by atoms with E-state index in [4.69, 9.17) is 15.2 Å². The molecule has 208 valence electrons. The van der Waals surface area contributed by atoms with Crippen LogP contribution in [0.2, 0.25) is 0 Å². The molecule has 0 radical (unpaired) electrons. The third-order valence-electron chi connectivity index (χ3n) is 4.79. The number of hydrogen-bond acceptors (Lipinski definition) is 8. The van der Waals surface area contributed by atoms with E-state index in [0.29, 0.717) is 19.4 Å². The third-order valence-corrected chi connectivity index (χ3v) is 6.16. The molecule has 1 aromatic carbocycles. The van der Waals surface area contributed by atoms with Gasteiger partial charge in [0.15, 0.2) is 0 Å². The Labute approximate surface area is 218 Å². The van der Waals surface area contributed by atoms with Gasteiger partial charge in [-0.05, 0) is 65.5 Å². The lowest BCUT2D eigenvalue weighted by atomic mass is 10.1. The molecule has 0 aliphatic heterocycles. The van der Waals surface area contributed by atoms with Crippen molar-refractivity contribution in [2.45, 2.75) is 82.8 Å². The molecule has 1 unspecified atom stereocenters. The largest absolute Gasteiger partial charge is 0.480 e. The highest BCUT2D eigenvalue weighted by molar-refractivity contribution is 7.90. The number of amides is 1. The molecule has 0 saturated heterocycles. The first-order chi connectivity index (χ1) is 17.2. The van der Waals surface area contributed by atoms with Crippen molar-refractivity contribution < 1.29 is 37.4 Å². The van der Waals surface area contributed by atoms with Crippen LogP contribution in [0, 0.1) is 6.92 Å². The molecule has 0 heterocycles. The van der Waals surface area contributed by atoms with Crippen molar-refractivity contribution in [1.29, 1.82) is 0 Å². The Morgan fingerprint density at radius 3 is 2.30 bits per heavy atom. The Kier molecular flexibility index (Phi) is 12.9. The van der Waals surface area contributed by atoms with Crippen molar-refractivity contribution in [3.8, 4) is 0 Å². The molecule has 5 N–H and O–H groups in total. The summed E-state index contributed by atoms with van der Waals surface area (Å²) in [6, 6.07) is 5.09. The fourth-order valence-corrected chi connectivity index (χ4v) is 3.89. The molecule has 0 aliphatic rings. The number of aryl methyl sites for hydroxylation is 1. The van der Waals surface area contributed by atoms with Gasteiger partial charge < -0.3 is 25.6 Å². The van der Waals surface area contributed by atoms with E-state index >= 15 is 0 Å². The zero-order chi connectivity index (χ0) is 28.1. The van der Waals surface area contributed by atoms with E-state index in [2.05, 4.69) is 15.0 Å². The maximum atomic E-state index is 12.3. The second-order valence-corrected chi connectivity index (χ2v) is 11.1. The number of nitrogens with two attached hydrogens (primary N) is 1. The number of ether oxygens (including phenoxy) is 2. The molecular formula is C24H38N4O8S. The number of esters is 1. The van der Waals surface area contributed by atoms with Crippen molar-refractivity contribution in [3.05, 3.63) is 29.8 Å². The molecule has 0 spiro atoms. The first-order valence-corrected chi connectivity index (χ1v) is 13.5. The van der Waals surface area contributed by atoms with Crippen LogP contribution in [0.25, 0.3) is 0 Å². The van der Waals surface area contributed by atoms with E-state index in [1.165, 1.54) is 12.1 Å². The van der Waals surface area contributed by atoms with Crippen LogP contribution < -0.4 is 15.8 Å². The van der Waals surface area contributed by atoms with E-state index in [9.17, 15) is 27.9 Å². The number of carbonyl (C=O) groups is 3. The van der Waals surface area contributed by atoms with Crippen LogP contribution in [-0.2, 0) is 29.1 Å². The molecule has 1 atom stereocenters. The van der Waals surface area contributed by atoms with E-state index in [1.54, 1.807) is 32.9 Å². The molecule has 37 heavy (non-hydrogen) atoms. The van der Waals surface area contributed by atoms with E-state index < -0.39 is 39.7 Å². The summed E-state index contributed by atoms with van der Waals surface area (Å²) in [7, 11) is -3.78. The van der Waals surface area contributed by atoms with Gasteiger partial charge in [-0.25, -0.2) is 22.7 Å². The Hall–Kier alpha value is -3.35. The second-order valence-electron chi connectivity index (χ2n) is 9.40. The summed E-state index contributed by atoms with van der Waals surface area (Å²) in [5.74, 6) is -2.02. The molecule has 12 nitrogen and oxygen atoms in total. The summed E-state index contributed by atoms with van der Waals surface area (Å²) in [4.78, 5) is 39.1. The van der Waals surface area contributed by atoms with Gasteiger partial charge in [-0.3, -0.25) is 9.79 Å². The zero-order valence-electron chi connectivity index (χ0n) is 21.8. The Morgan fingerprint density at radius 2 is 1.70 bits per heavy atom. The predicted molar refractivity (Wildman–Crippen MR) is 137 cm³/mol.